The van der Waals surface area contributed by atoms with Crippen molar-refractivity contribution in [2.24, 2.45) is 0 Å². The fourth-order valence-corrected chi connectivity index (χ4v) is 1.43. The van der Waals surface area contributed by atoms with Gasteiger partial charge in [0.05, 0.1) is 25.0 Å². The number of anilines is 1. The Bertz CT molecular complexity index is 318. The summed E-state index contributed by atoms with van der Waals surface area (Å²) in [5, 5.41) is 3.25. The van der Waals surface area contributed by atoms with Crippen LogP contribution < -0.4 is 5.32 Å². The summed E-state index contributed by atoms with van der Waals surface area (Å²) in [4.78, 5) is 4.27. The normalized spacial score (nSPS) is 12.4. The fourth-order valence-electron chi connectivity index (χ4n) is 1.43. The predicted octanol–water partition coefficient (Wildman–Crippen LogP) is 2.46. The van der Waals surface area contributed by atoms with Gasteiger partial charge in [0.1, 0.15) is 0 Å². The molecule has 0 bridgehead atoms. The van der Waals surface area contributed by atoms with Crippen LogP contribution in [0, 0.1) is 0 Å². The van der Waals surface area contributed by atoms with Gasteiger partial charge in [0.25, 0.3) is 0 Å². The highest BCUT2D eigenvalue weighted by molar-refractivity contribution is 5.42. The van der Waals surface area contributed by atoms with E-state index >= 15 is 0 Å². The van der Waals surface area contributed by atoms with Gasteiger partial charge < -0.3 is 14.8 Å². The van der Waals surface area contributed by atoms with Crippen LogP contribution in [0.2, 0.25) is 0 Å². The molecule has 1 unspecified atom stereocenters. The van der Waals surface area contributed by atoms with Crippen molar-refractivity contribution in [3.05, 3.63) is 24.0 Å². The SMILES string of the molecule is CCNc1ccnc(COC(C)COCC)c1. The standard InChI is InChI=1S/C13H22N2O2/c1-4-14-12-6-7-15-13(8-12)10-17-11(3)9-16-5-2/h6-8,11H,4-5,9-10H2,1-3H3,(H,14,15). The first-order valence-corrected chi connectivity index (χ1v) is 6.14. The lowest BCUT2D eigenvalue weighted by molar-refractivity contribution is -0.0127. The van der Waals surface area contributed by atoms with Crippen LogP contribution in [0.25, 0.3) is 0 Å². The molecule has 0 aliphatic carbocycles. The fraction of sp³-hybridized carbons (Fsp3) is 0.615. The molecule has 0 saturated heterocycles. The van der Waals surface area contributed by atoms with E-state index in [2.05, 4.69) is 17.2 Å². The Balaban J connectivity index is 2.37. The van der Waals surface area contributed by atoms with Crippen molar-refractivity contribution in [1.82, 2.24) is 4.98 Å². The van der Waals surface area contributed by atoms with Gasteiger partial charge in [-0.15, -0.1) is 0 Å². The van der Waals surface area contributed by atoms with Crippen molar-refractivity contribution < 1.29 is 9.47 Å². The summed E-state index contributed by atoms with van der Waals surface area (Å²) < 4.78 is 10.9. The van der Waals surface area contributed by atoms with E-state index in [1.54, 1.807) is 6.20 Å². The molecular weight excluding hydrogens is 216 g/mol. The molecule has 17 heavy (non-hydrogen) atoms. The van der Waals surface area contributed by atoms with E-state index < -0.39 is 0 Å². The number of hydrogen-bond donors (Lipinski definition) is 1. The topological polar surface area (TPSA) is 43.4 Å². The monoisotopic (exact) mass is 238 g/mol. The molecule has 96 valence electrons. The minimum absolute atomic E-state index is 0.0968. The van der Waals surface area contributed by atoms with Crippen molar-refractivity contribution in [1.29, 1.82) is 0 Å². The average Bonchev–Trinajstić information content (AvgIpc) is 2.35. The van der Waals surface area contributed by atoms with Crippen LogP contribution in [0.4, 0.5) is 5.69 Å². The number of nitrogens with one attached hydrogen (secondary N) is 1. The third-order valence-corrected chi connectivity index (χ3v) is 2.27. The van der Waals surface area contributed by atoms with Gasteiger partial charge in [-0.05, 0) is 32.9 Å². The maximum Gasteiger partial charge on any atom is 0.0893 e. The Hall–Kier alpha value is -1.13. The summed E-state index contributed by atoms with van der Waals surface area (Å²) in [6, 6.07) is 3.97. The molecule has 1 rings (SSSR count). The first-order valence-electron chi connectivity index (χ1n) is 6.14. The molecule has 0 fully saturated rings. The molecule has 1 N–H and O–H groups in total. The Morgan fingerprint density at radius 3 is 2.94 bits per heavy atom. The molecule has 4 heteroatoms. The second-order valence-corrected chi connectivity index (χ2v) is 3.85. The molecule has 1 aromatic heterocycles. The Morgan fingerprint density at radius 1 is 1.41 bits per heavy atom. The van der Waals surface area contributed by atoms with E-state index in [-0.39, 0.29) is 6.10 Å². The molecule has 4 nitrogen and oxygen atoms in total. The van der Waals surface area contributed by atoms with Crippen molar-refractivity contribution in [2.45, 2.75) is 33.5 Å². The zero-order valence-electron chi connectivity index (χ0n) is 10.9. The van der Waals surface area contributed by atoms with E-state index in [4.69, 9.17) is 9.47 Å². The summed E-state index contributed by atoms with van der Waals surface area (Å²) >= 11 is 0. The molecule has 0 radical (unpaired) electrons. The first-order chi connectivity index (χ1) is 8.26. The van der Waals surface area contributed by atoms with Gasteiger partial charge in [-0.25, -0.2) is 0 Å². The number of aromatic nitrogens is 1. The summed E-state index contributed by atoms with van der Waals surface area (Å²) in [7, 11) is 0. The molecule has 0 aliphatic heterocycles. The van der Waals surface area contributed by atoms with Crippen LogP contribution in [0.1, 0.15) is 26.5 Å². The van der Waals surface area contributed by atoms with E-state index in [1.807, 2.05) is 26.0 Å². The molecular formula is C13H22N2O2. The lowest BCUT2D eigenvalue weighted by Gasteiger charge is -2.13. The van der Waals surface area contributed by atoms with Crippen molar-refractivity contribution in [2.75, 3.05) is 25.1 Å². The molecule has 1 aromatic rings. The van der Waals surface area contributed by atoms with Crippen molar-refractivity contribution in [3.63, 3.8) is 0 Å². The summed E-state index contributed by atoms with van der Waals surface area (Å²) in [5.41, 5.74) is 2.02. The number of pyridine rings is 1. The third-order valence-electron chi connectivity index (χ3n) is 2.27. The highest BCUT2D eigenvalue weighted by Crippen LogP contribution is 2.09. The van der Waals surface area contributed by atoms with Gasteiger partial charge in [-0.1, -0.05) is 0 Å². The van der Waals surface area contributed by atoms with E-state index in [0.29, 0.717) is 13.2 Å². The lowest BCUT2D eigenvalue weighted by atomic mass is 10.3. The van der Waals surface area contributed by atoms with E-state index in [1.165, 1.54) is 0 Å². The minimum Gasteiger partial charge on any atom is -0.385 e. The number of ether oxygens (including phenoxy) is 2. The molecule has 0 aliphatic rings. The second-order valence-electron chi connectivity index (χ2n) is 3.85. The largest absolute Gasteiger partial charge is 0.385 e. The highest BCUT2D eigenvalue weighted by atomic mass is 16.5. The van der Waals surface area contributed by atoms with Gasteiger partial charge in [0.15, 0.2) is 0 Å². The third kappa shape index (κ3) is 5.65. The van der Waals surface area contributed by atoms with Crippen LogP contribution in [0.5, 0.6) is 0 Å². The maximum absolute atomic E-state index is 5.65. The van der Waals surface area contributed by atoms with Crippen LogP contribution in [-0.2, 0) is 16.1 Å². The number of nitrogens with zero attached hydrogens (tertiary/aromatic N) is 1. The summed E-state index contributed by atoms with van der Waals surface area (Å²) in [6.45, 7) is 8.84. The van der Waals surface area contributed by atoms with Gasteiger partial charge in [0.2, 0.25) is 0 Å². The van der Waals surface area contributed by atoms with Crippen LogP contribution in [0.15, 0.2) is 18.3 Å². The Kier molecular flexibility index (Phi) is 6.58. The van der Waals surface area contributed by atoms with Gasteiger partial charge in [-0.2, -0.15) is 0 Å². The predicted molar refractivity (Wildman–Crippen MR) is 69.1 cm³/mol. The zero-order chi connectivity index (χ0) is 12.5. The van der Waals surface area contributed by atoms with Gasteiger partial charge in [-0.3, -0.25) is 4.98 Å². The van der Waals surface area contributed by atoms with E-state index in [9.17, 15) is 0 Å². The average molecular weight is 238 g/mol. The highest BCUT2D eigenvalue weighted by Gasteiger charge is 2.03. The van der Waals surface area contributed by atoms with Crippen molar-refractivity contribution in [3.8, 4) is 0 Å². The molecule has 1 heterocycles. The molecule has 0 aromatic carbocycles. The van der Waals surface area contributed by atoms with Crippen LogP contribution >= 0.6 is 0 Å². The number of rotatable bonds is 8. The van der Waals surface area contributed by atoms with Crippen LogP contribution in [0.3, 0.4) is 0 Å². The smallest absolute Gasteiger partial charge is 0.0893 e. The number of hydrogen-bond acceptors (Lipinski definition) is 4. The molecule has 0 saturated carbocycles. The summed E-state index contributed by atoms with van der Waals surface area (Å²) in [6.07, 6.45) is 1.89. The van der Waals surface area contributed by atoms with Crippen LogP contribution in [-0.4, -0.2) is 30.8 Å². The van der Waals surface area contributed by atoms with E-state index in [0.717, 1.165) is 24.5 Å². The maximum atomic E-state index is 5.65. The Labute approximate surface area is 103 Å². The molecule has 0 spiro atoms. The minimum atomic E-state index is 0.0968. The lowest BCUT2D eigenvalue weighted by Crippen LogP contribution is -2.16. The molecule has 0 amide bonds. The van der Waals surface area contributed by atoms with Crippen molar-refractivity contribution >= 4 is 5.69 Å². The quantitative estimate of drug-likeness (QED) is 0.755. The Morgan fingerprint density at radius 2 is 2.24 bits per heavy atom. The zero-order valence-corrected chi connectivity index (χ0v) is 10.9. The van der Waals surface area contributed by atoms with Gasteiger partial charge in [0, 0.05) is 25.0 Å². The second kappa shape index (κ2) is 8.03. The molecule has 1 atom stereocenters. The summed E-state index contributed by atoms with van der Waals surface area (Å²) in [5.74, 6) is 0. The van der Waals surface area contributed by atoms with Gasteiger partial charge >= 0.3 is 0 Å². The first kappa shape index (κ1) is 13.9.